The summed E-state index contributed by atoms with van der Waals surface area (Å²) in [6.45, 7) is -0.0557. The third kappa shape index (κ3) is 2.74. The quantitative estimate of drug-likeness (QED) is 0.576. The maximum atomic E-state index is 13.9. The molecular formula is C18H13ClFN3O2. The summed E-state index contributed by atoms with van der Waals surface area (Å²) < 4.78 is 14.9. The fourth-order valence-corrected chi connectivity index (χ4v) is 3.11. The van der Waals surface area contributed by atoms with Crippen molar-refractivity contribution < 1.29 is 9.50 Å². The van der Waals surface area contributed by atoms with Crippen LogP contribution in [0, 0.1) is 5.82 Å². The van der Waals surface area contributed by atoms with Crippen molar-refractivity contribution in [1.29, 1.82) is 0 Å². The number of fused-ring (bicyclic) bond motifs is 2. The Morgan fingerprint density at radius 3 is 2.88 bits per heavy atom. The van der Waals surface area contributed by atoms with Crippen molar-refractivity contribution in [2.75, 3.05) is 5.32 Å². The molecule has 5 nitrogen and oxygen atoms in total. The van der Waals surface area contributed by atoms with Gasteiger partial charge in [0.2, 0.25) is 0 Å². The first-order chi connectivity index (χ1) is 12.0. The zero-order valence-electron chi connectivity index (χ0n) is 13.0. The zero-order valence-corrected chi connectivity index (χ0v) is 13.7. The number of hydrogen-bond donors (Lipinski definition) is 2. The van der Waals surface area contributed by atoms with Gasteiger partial charge in [-0.1, -0.05) is 35.9 Å². The Labute approximate surface area is 147 Å². The van der Waals surface area contributed by atoms with E-state index >= 15 is 0 Å². The molecule has 1 aliphatic heterocycles. The number of aromatic nitrogens is 2. The molecule has 3 aromatic rings. The van der Waals surface area contributed by atoms with Gasteiger partial charge < -0.3 is 10.4 Å². The van der Waals surface area contributed by atoms with Gasteiger partial charge in [-0.25, -0.2) is 9.07 Å². The number of benzene rings is 2. The summed E-state index contributed by atoms with van der Waals surface area (Å²) in [7, 11) is 0. The number of nitrogens with one attached hydrogen (secondary N) is 1. The largest absolute Gasteiger partial charge is 0.491 e. The van der Waals surface area contributed by atoms with Gasteiger partial charge in [0, 0.05) is 22.7 Å². The lowest BCUT2D eigenvalue weighted by atomic mass is 9.99. The smallest absolute Gasteiger partial charge is 0.272 e. The molecule has 0 spiro atoms. The summed E-state index contributed by atoms with van der Waals surface area (Å²) in [5.74, 6) is -0.733. The van der Waals surface area contributed by atoms with Crippen LogP contribution in [0.25, 0.3) is 0 Å². The minimum absolute atomic E-state index is 0.0557. The summed E-state index contributed by atoms with van der Waals surface area (Å²) in [6, 6.07) is 11.5. The van der Waals surface area contributed by atoms with Crippen LogP contribution in [0.1, 0.15) is 16.7 Å². The monoisotopic (exact) mass is 357 g/mol. The average Bonchev–Trinajstić information content (AvgIpc) is 2.60. The van der Waals surface area contributed by atoms with Crippen molar-refractivity contribution in [2.45, 2.75) is 13.0 Å². The molecule has 0 radical (unpaired) electrons. The molecule has 25 heavy (non-hydrogen) atoms. The molecule has 1 aliphatic rings. The van der Waals surface area contributed by atoms with Crippen LogP contribution >= 0.6 is 11.6 Å². The summed E-state index contributed by atoms with van der Waals surface area (Å²) in [5, 5.41) is 17.7. The molecule has 1 aromatic heterocycles. The Morgan fingerprint density at radius 1 is 1.28 bits per heavy atom. The Morgan fingerprint density at radius 2 is 2.08 bits per heavy atom. The van der Waals surface area contributed by atoms with Gasteiger partial charge in [-0.3, -0.25) is 4.79 Å². The first kappa shape index (κ1) is 15.7. The normalized spacial score (nSPS) is 12.2. The van der Waals surface area contributed by atoms with E-state index in [2.05, 4.69) is 10.4 Å². The highest BCUT2D eigenvalue weighted by atomic mass is 35.5. The van der Waals surface area contributed by atoms with Crippen LogP contribution in [0.5, 0.6) is 5.88 Å². The van der Waals surface area contributed by atoms with Crippen LogP contribution < -0.4 is 10.9 Å². The van der Waals surface area contributed by atoms with Gasteiger partial charge in [-0.15, -0.1) is 5.10 Å². The molecule has 0 saturated heterocycles. The molecule has 126 valence electrons. The van der Waals surface area contributed by atoms with Gasteiger partial charge in [-0.05, 0) is 23.8 Å². The molecule has 4 rings (SSSR count). The molecule has 0 bridgehead atoms. The van der Waals surface area contributed by atoms with Crippen LogP contribution in [-0.4, -0.2) is 14.9 Å². The van der Waals surface area contributed by atoms with E-state index in [0.29, 0.717) is 22.6 Å². The lowest BCUT2D eigenvalue weighted by Gasteiger charge is -2.22. The number of hydrogen-bond acceptors (Lipinski definition) is 4. The fourth-order valence-electron chi connectivity index (χ4n) is 2.94. The van der Waals surface area contributed by atoms with Crippen LogP contribution in [-0.2, 0) is 13.0 Å². The van der Waals surface area contributed by atoms with Gasteiger partial charge in [0.1, 0.15) is 11.5 Å². The fraction of sp³-hybridized carbons (Fsp3) is 0.111. The number of rotatable bonds is 2. The predicted octanol–water partition coefficient (Wildman–Crippen LogP) is 3.44. The average molecular weight is 358 g/mol. The first-order valence-electron chi connectivity index (χ1n) is 7.65. The summed E-state index contributed by atoms with van der Waals surface area (Å²) >= 11 is 5.99. The van der Waals surface area contributed by atoms with Crippen molar-refractivity contribution in [2.24, 2.45) is 0 Å². The minimum atomic E-state index is -0.425. The third-order valence-corrected chi connectivity index (χ3v) is 4.45. The van der Waals surface area contributed by atoms with E-state index < -0.39 is 5.82 Å². The van der Waals surface area contributed by atoms with Gasteiger partial charge in [0.05, 0.1) is 12.1 Å². The molecule has 0 atom stereocenters. The molecule has 0 unspecified atom stereocenters. The Kier molecular flexibility index (Phi) is 3.69. The molecule has 0 saturated carbocycles. The van der Waals surface area contributed by atoms with Crippen molar-refractivity contribution in [3.05, 3.63) is 80.3 Å². The number of aromatic hydroxyl groups is 1. The lowest BCUT2D eigenvalue weighted by Crippen LogP contribution is -2.29. The van der Waals surface area contributed by atoms with Crippen molar-refractivity contribution in [1.82, 2.24) is 9.78 Å². The summed E-state index contributed by atoms with van der Waals surface area (Å²) in [6.07, 6.45) is 0.334. The topological polar surface area (TPSA) is 67.1 Å². The van der Waals surface area contributed by atoms with E-state index in [1.807, 2.05) is 6.07 Å². The van der Waals surface area contributed by atoms with Crippen LogP contribution in [0.15, 0.2) is 47.3 Å². The van der Waals surface area contributed by atoms with E-state index in [9.17, 15) is 14.3 Å². The van der Waals surface area contributed by atoms with Gasteiger partial charge in [0.25, 0.3) is 11.4 Å². The molecule has 0 amide bonds. The van der Waals surface area contributed by atoms with E-state index in [0.717, 1.165) is 15.9 Å². The van der Waals surface area contributed by atoms with E-state index in [-0.39, 0.29) is 23.7 Å². The maximum absolute atomic E-state index is 13.9. The Bertz CT molecular complexity index is 1050. The van der Waals surface area contributed by atoms with Gasteiger partial charge >= 0.3 is 0 Å². The van der Waals surface area contributed by atoms with Crippen molar-refractivity contribution in [3.8, 4) is 5.88 Å². The summed E-state index contributed by atoms with van der Waals surface area (Å²) in [4.78, 5) is 12.8. The number of anilines is 2. The second-order valence-electron chi connectivity index (χ2n) is 5.83. The first-order valence-corrected chi connectivity index (χ1v) is 8.02. The lowest BCUT2D eigenvalue weighted by molar-refractivity contribution is 0.423. The highest BCUT2D eigenvalue weighted by Crippen LogP contribution is 2.36. The summed E-state index contributed by atoms with van der Waals surface area (Å²) in [5.41, 5.74) is 2.22. The van der Waals surface area contributed by atoms with Crippen LogP contribution in [0.2, 0.25) is 5.02 Å². The number of nitrogens with zero attached hydrogens (tertiary/aromatic N) is 2. The minimum Gasteiger partial charge on any atom is -0.491 e. The molecule has 2 heterocycles. The Hall–Kier alpha value is -2.86. The molecule has 0 aliphatic carbocycles. The van der Waals surface area contributed by atoms with E-state index in [1.165, 1.54) is 6.07 Å². The molecule has 0 fully saturated rings. The van der Waals surface area contributed by atoms with Crippen molar-refractivity contribution >= 4 is 23.0 Å². The highest BCUT2D eigenvalue weighted by molar-refractivity contribution is 6.30. The Balaban J connectivity index is 1.78. The van der Waals surface area contributed by atoms with Gasteiger partial charge in [-0.2, -0.15) is 0 Å². The SMILES string of the molecule is O=c1c2c(c(O)nn1Cc1ccccc1F)Nc1cc(Cl)ccc1C2. The third-order valence-electron chi connectivity index (χ3n) is 4.21. The predicted molar refractivity (Wildman–Crippen MR) is 93.2 cm³/mol. The number of halogens is 2. The van der Waals surface area contributed by atoms with Crippen LogP contribution in [0.3, 0.4) is 0 Å². The van der Waals surface area contributed by atoms with E-state index in [4.69, 9.17) is 11.6 Å². The van der Waals surface area contributed by atoms with E-state index in [1.54, 1.807) is 30.3 Å². The second kappa shape index (κ2) is 5.89. The molecule has 2 aromatic carbocycles. The highest BCUT2D eigenvalue weighted by Gasteiger charge is 2.24. The molecule has 2 N–H and O–H groups in total. The molecule has 7 heteroatoms. The second-order valence-corrected chi connectivity index (χ2v) is 6.27. The maximum Gasteiger partial charge on any atom is 0.272 e. The van der Waals surface area contributed by atoms with Gasteiger partial charge in [0.15, 0.2) is 0 Å². The zero-order chi connectivity index (χ0) is 17.6. The van der Waals surface area contributed by atoms with Crippen LogP contribution in [0.4, 0.5) is 15.8 Å². The molecular weight excluding hydrogens is 345 g/mol. The standard InChI is InChI=1S/C18H13ClFN3O2/c19-12-6-5-10-7-13-16(21-15(10)8-12)17(24)22-23(18(13)25)9-11-3-1-2-4-14(11)20/h1-6,8,21H,7,9H2,(H,22,24). The van der Waals surface area contributed by atoms with Crippen molar-refractivity contribution in [3.63, 3.8) is 0 Å².